The number of carboxylic acids is 1. The molecule has 7 nitrogen and oxygen atoms in total. The summed E-state index contributed by atoms with van der Waals surface area (Å²) in [5.74, 6) is -1.40. The topological polar surface area (TPSA) is 113 Å². The van der Waals surface area contributed by atoms with E-state index in [0.29, 0.717) is 19.4 Å². The van der Waals surface area contributed by atoms with Crippen LogP contribution in [0.4, 0.5) is 0 Å². The maximum atomic E-state index is 11.8. The number of rotatable bonds is 4. The second-order valence-corrected chi connectivity index (χ2v) is 7.49. The summed E-state index contributed by atoms with van der Waals surface area (Å²) in [6.45, 7) is 0.338. The van der Waals surface area contributed by atoms with Crippen LogP contribution >= 0.6 is 0 Å². The molecule has 1 aliphatic heterocycles. The van der Waals surface area contributed by atoms with Crippen LogP contribution in [0.2, 0.25) is 0 Å². The first-order valence-corrected chi connectivity index (χ1v) is 8.13. The monoisotopic (exact) mass is 290 g/mol. The molecule has 2 aliphatic rings. The first-order chi connectivity index (χ1) is 8.83. The Hall–Kier alpha value is -1.15. The van der Waals surface area contributed by atoms with E-state index < -0.39 is 33.3 Å². The highest BCUT2D eigenvalue weighted by Crippen LogP contribution is 2.32. The molecule has 1 aliphatic carbocycles. The second-order valence-electron chi connectivity index (χ2n) is 5.26. The van der Waals surface area contributed by atoms with Gasteiger partial charge in [0, 0.05) is 19.0 Å². The van der Waals surface area contributed by atoms with Crippen molar-refractivity contribution >= 4 is 21.7 Å². The van der Waals surface area contributed by atoms with Gasteiger partial charge in [-0.25, -0.2) is 13.2 Å². The molecular weight excluding hydrogens is 272 g/mol. The Morgan fingerprint density at radius 2 is 2.05 bits per heavy atom. The number of hydrogen-bond acceptors (Lipinski definition) is 5. The maximum absolute atomic E-state index is 11.8. The van der Waals surface area contributed by atoms with Crippen molar-refractivity contribution in [1.29, 1.82) is 0 Å². The second kappa shape index (κ2) is 5.09. The molecule has 2 rings (SSSR count). The number of carbonyl (C=O) groups excluding carboxylic acids is 1. The molecule has 0 bridgehead atoms. The van der Waals surface area contributed by atoms with Crippen LogP contribution in [0, 0.1) is 0 Å². The molecule has 0 aromatic rings. The van der Waals surface area contributed by atoms with E-state index in [2.05, 4.69) is 10.6 Å². The van der Waals surface area contributed by atoms with Crippen molar-refractivity contribution in [1.82, 2.24) is 10.6 Å². The van der Waals surface area contributed by atoms with E-state index in [1.54, 1.807) is 0 Å². The standard InChI is InChI=1S/C11H18N2O5S/c14-9(13-11(10(15)16)2-1-3-11)6-8-7-19(17,18)5-4-12-8/h8,12H,1-7H2,(H,13,14)(H,15,16). The van der Waals surface area contributed by atoms with Gasteiger partial charge in [0.15, 0.2) is 9.84 Å². The Morgan fingerprint density at radius 3 is 2.53 bits per heavy atom. The normalized spacial score (nSPS) is 28.1. The fourth-order valence-corrected chi connectivity index (χ4v) is 3.91. The lowest BCUT2D eigenvalue weighted by Crippen LogP contribution is -2.60. The minimum atomic E-state index is -3.09. The summed E-state index contributed by atoms with van der Waals surface area (Å²) in [6, 6.07) is -0.426. The summed E-state index contributed by atoms with van der Waals surface area (Å²) in [4.78, 5) is 22.9. The summed E-state index contributed by atoms with van der Waals surface area (Å²) in [5.41, 5.74) is -1.13. The smallest absolute Gasteiger partial charge is 0.329 e. The van der Waals surface area contributed by atoms with Gasteiger partial charge in [0.25, 0.3) is 0 Å². The van der Waals surface area contributed by atoms with E-state index in [1.807, 2.05) is 0 Å². The van der Waals surface area contributed by atoms with Crippen molar-refractivity contribution in [3.63, 3.8) is 0 Å². The first-order valence-electron chi connectivity index (χ1n) is 6.31. The third kappa shape index (κ3) is 3.24. The van der Waals surface area contributed by atoms with Gasteiger partial charge in [-0.15, -0.1) is 0 Å². The van der Waals surface area contributed by atoms with Crippen LogP contribution in [-0.2, 0) is 19.4 Å². The van der Waals surface area contributed by atoms with Crippen molar-refractivity contribution in [2.75, 3.05) is 18.1 Å². The maximum Gasteiger partial charge on any atom is 0.329 e. The highest BCUT2D eigenvalue weighted by atomic mass is 32.2. The van der Waals surface area contributed by atoms with Gasteiger partial charge in [-0.2, -0.15) is 0 Å². The van der Waals surface area contributed by atoms with Crippen LogP contribution in [0.5, 0.6) is 0 Å². The Balaban J connectivity index is 1.89. The van der Waals surface area contributed by atoms with E-state index in [1.165, 1.54) is 0 Å². The average Bonchev–Trinajstić information content (AvgIpc) is 2.21. The molecule has 108 valence electrons. The predicted molar refractivity (Wildman–Crippen MR) is 67.4 cm³/mol. The summed E-state index contributed by atoms with van der Waals surface area (Å²) in [7, 11) is -3.09. The molecule has 19 heavy (non-hydrogen) atoms. The summed E-state index contributed by atoms with van der Waals surface area (Å²) >= 11 is 0. The van der Waals surface area contributed by atoms with Crippen molar-refractivity contribution < 1.29 is 23.1 Å². The zero-order valence-electron chi connectivity index (χ0n) is 10.5. The Bertz CT molecular complexity index is 483. The number of nitrogens with one attached hydrogen (secondary N) is 2. The van der Waals surface area contributed by atoms with Crippen molar-refractivity contribution in [3.8, 4) is 0 Å². The third-order valence-corrected chi connectivity index (χ3v) is 5.46. The van der Waals surface area contributed by atoms with Gasteiger partial charge in [0.05, 0.1) is 11.5 Å². The highest BCUT2D eigenvalue weighted by molar-refractivity contribution is 7.91. The van der Waals surface area contributed by atoms with E-state index in [0.717, 1.165) is 6.42 Å². The lowest BCUT2D eigenvalue weighted by atomic mass is 9.76. The van der Waals surface area contributed by atoms with E-state index >= 15 is 0 Å². The molecule has 2 fully saturated rings. The molecule has 1 saturated carbocycles. The van der Waals surface area contributed by atoms with Crippen LogP contribution in [-0.4, -0.2) is 55.0 Å². The minimum Gasteiger partial charge on any atom is -0.480 e. The van der Waals surface area contributed by atoms with Gasteiger partial charge in [-0.05, 0) is 19.3 Å². The van der Waals surface area contributed by atoms with Crippen molar-refractivity contribution in [2.45, 2.75) is 37.3 Å². The molecule has 8 heteroatoms. The zero-order chi connectivity index (χ0) is 14.1. The molecular formula is C11H18N2O5S. The van der Waals surface area contributed by atoms with Crippen LogP contribution in [0.3, 0.4) is 0 Å². The molecule has 0 spiro atoms. The van der Waals surface area contributed by atoms with Gasteiger partial charge in [0.1, 0.15) is 5.54 Å². The molecule has 1 atom stereocenters. The largest absolute Gasteiger partial charge is 0.480 e. The van der Waals surface area contributed by atoms with Gasteiger partial charge in [0.2, 0.25) is 5.91 Å². The zero-order valence-corrected chi connectivity index (χ0v) is 11.3. The third-order valence-electron chi connectivity index (χ3n) is 3.73. The number of carboxylic acid groups (broad SMARTS) is 1. The van der Waals surface area contributed by atoms with Gasteiger partial charge >= 0.3 is 5.97 Å². The van der Waals surface area contributed by atoms with Crippen LogP contribution in [0.1, 0.15) is 25.7 Å². The Kier molecular flexibility index (Phi) is 3.82. The van der Waals surface area contributed by atoms with Crippen molar-refractivity contribution in [3.05, 3.63) is 0 Å². The Labute approximate surface area is 111 Å². The van der Waals surface area contributed by atoms with E-state index in [4.69, 9.17) is 5.11 Å². The molecule has 3 N–H and O–H groups in total. The quantitative estimate of drug-likeness (QED) is 0.605. The number of aliphatic carboxylic acids is 1. The fourth-order valence-electron chi connectivity index (χ4n) is 2.46. The van der Waals surface area contributed by atoms with Gasteiger partial charge in [-0.3, -0.25) is 4.79 Å². The highest BCUT2D eigenvalue weighted by Gasteiger charge is 2.45. The first kappa shape index (κ1) is 14.3. The van der Waals surface area contributed by atoms with Crippen LogP contribution in [0.15, 0.2) is 0 Å². The van der Waals surface area contributed by atoms with Gasteiger partial charge < -0.3 is 15.7 Å². The van der Waals surface area contributed by atoms with Crippen molar-refractivity contribution in [2.24, 2.45) is 0 Å². The summed E-state index contributed by atoms with van der Waals surface area (Å²) in [5, 5.41) is 14.6. The molecule has 0 aromatic carbocycles. The molecule has 1 amide bonds. The number of hydrogen-bond donors (Lipinski definition) is 3. The number of amides is 1. The van der Waals surface area contributed by atoms with E-state index in [-0.39, 0.29) is 17.9 Å². The Morgan fingerprint density at radius 1 is 1.37 bits per heavy atom. The molecule has 1 unspecified atom stereocenters. The number of sulfone groups is 1. The molecule has 0 aromatic heterocycles. The molecule has 1 saturated heterocycles. The lowest BCUT2D eigenvalue weighted by Gasteiger charge is -2.38. The van der Waals surface area contributed by atoms with Gasteiger partial charge in [-0.1, -0.05) is 0 Å². The summed E-state index contributed by atoms with van der Waals surface area (Å²) < 4.78 is 22.9. The SMILES string of the molecule is O=C(CC1CS(=O)(=O)CCN1)NC1(C(=O)O)CCC1. The minimum absolute atomic E-state index is 0.00569. The molecule has 1 heterocycles. The fraction of sp³-hybridized carbons (Fsp3) is 0.818. The van der Waals surface area contributed by atoms with Crippen LogP contribution < -0.4 is 10.6 Å². The molecule has 0 radical (unpaired) electrons. The lowest BCUT2D eigenvalue weighted by molar-refractivity contribution is -0.151. The average molecular weight is 290 g/mol. The summed E-state index contributed by atoms with van der Waals surface area (Å²) in [6.07, 6.45) is 1.64. The van der Waals surface area contributed by atoms with Crippen LogP contribution in [0.25, 0.3) is 0 Å². The number of carbonyl (C=O) groups is 2. The van der Waals surface area contributed by atoms with E-state index in [9.17, 15) is 18.0 Å². The predicted octanol–water partition coefficient (Wildman–Crippen LogP) is -1.11.